The van der Waals surface area contributed by atoms with Gasteiger partial charge in [-0.3, -0.25) is 4.79 Å². The lowest BCUT2D eigenvalue weighted by atomic mass is 10.2. The van der Waals surface area contributed by atoms with Crippen molar-refractivity contribution in [1.82, 2.24) is 19.9 Å². The lowest BCUT2D eigenvalue weighted by molar-refractivity contribution is 0.0814. The van der Waals surface area contributed by atoms with Crippen LogP contribution in [-0.4, -0.2) is 46.8 Å². The van der Waals surface area contributed by atoms with Crippen LogP contribution in [0.25, 0.3) is 5.65 Å². The quantitative estimate of drug-likeness (QED) is 0.375. The van der Waals surface area contributed by atoms with Crippen LogP contribution in [0.1, 0.15) is 28.4 Å². The average molecular weight is 449 g/mol. The fourth-order valence-corrected chi connectivity index (χ4v) is 3.73. The number of rotatable bonds is 7. The van der Waals surface area contributed by atoms with Crippen molar-refractivity contribution in [2.24, 2.45) is 0 Å². The van der Waals surface area contributed by atoms with E-state index in [1.807, 2.05) is 0 Å². The second kappa shape index (κ2) is 8.56. The molecule has 0 spiro atoms. The Morgan fingerprint density at radius 3 is 3.06 bits per heavy atom. The molecule has 0 fully saturated rings. The maximum absolute atomic E-state index is 14.1. The zero-order chi connectivity index (χ0) is 22.1. The molecule has 31 heavy (non-hydrogen) atoms. The van der Waals surface area contributed by atoms with Crippen molar-refractivity contribution >= 4 is 34.7 Å². The predicted molar refractivity (Wildman–Crippen MR) is 114 cm³/mol. The molecule has 1 aliphatic heterocycles. The van der Waals surface area contributed by atoms with Crippen molar-refractivity contribution in [1.29, 1.82) is 0 Å². The van der Waals surface area contributed by atoms with Crippen LogP contribution in [0.2, 0.25) is 5.15 Å². The molecule has 1 atom stereocenters. The second-order valence-corrected chi connectivity index (χ2v) is 7.63. The third-order valence-electron chi connectivity index (χ3n) is 5.01. The van der Waals surface area contributed by atoms with E-state index in [-0.39, 0.29) is 30.9 Å². The van der Waals surface area contributed by atoms with Gasteiger partial charge in [-0.1, -0.05) is 11.6 Å². The third-order valence-corrected chi connectivity index (χ3v) is 5.32. The van der Waals surface area contributed by atoms with Crippen LogP contribution < -0.4 is 21.1 Å². The van der Waals surface area contributed by atoms with Crippen LogP contribution in [0.4, 0.5) is 15.9 Å². The number of anilines is 2. The highest BCUT2D eigenvalue weighted by Crippen LogP contribution is 2.29. The summed E-state index contributed by atoms with van der Waals surface area (Å²) in [6.07, 6.45) is 2.21. The molecule has 164 valence electrons. The van der Waals surface area contributed by atoms with Crippen molar-refractivity contribution < 1.29 is 18.7 Å². The van der Waals surface area contributed by atoms with E-state index in [1.165, 1.54) is 25.4 Å². The molecule has 11 heteroatoms. The van der Waals surface area contributed by atoms with Crippen LogP contribution in [0.15, 0.2) is 18.3 Å². The summed E-state index contributed by atoms with van der Waals surface area (Å²) in [5.41, 5.74) is 8.00. The van der Waals surface area contributed by atoms with Crippen LogP contribution in [0.3, 0.4) is 0 Å². The van der Waals surface area contributed by atoms with Gasteiger partial charge in [-0.15, -0.1) is 0 Å². The normalized spacial score (nSPS) is 13.7. The molecule has 2 aromatic heterocycles. The van der Waals surface area contributed by atoms with Gasteiger partial charge < -0.3 is 25.8 Å². The Morgan fingerprint density at radius 2 is 2.29 bits per heavy atom. The number of fused-ring (bicyclic) bond motifs is 3. The Balaban J connectivity index is 1.38. The molecule has 4 N–H and O–H groups in total. The highest BCUT2D eigenvalue weighted by Gasteiger charge is 2.24. The van der Waals surface area contributed by atoms with Gasteiger partial charge in [0.15, 0.2) is 5.65 Å². The number of nitrogens with two attached hydrogens (primary N) is 1. The van der Waals surface area contributed by atoms with Gasteiger partial charge in [-0.2, -0.15) is 9.61 Å². The van der Waals surface area contributed by atoms with Crippen molar-refractivity contribution in [3.8, 4) is 5.75 Å². The molecule has 0 bridgehead atoms. The first-order chi connectivity index (χ1) is 14.9. The van der Waals surface area contributed by atoms with E-state index in [2.05, 4.69) is 20.7 Å². The van der Waals surface area contributed by atoms with Crippen LogP contribution in [-0.2, 0) is 17.8 Å². The Hall–Kier alpha value is -3.11. The number of carbonyl (C=O) groups excluding carboxylic acids is 1. The van der Waals surface area contributed by atoms with Gasteiger partial charge in [0.05, 0.1) is 32.2 Å². The lowest BCUT2D eigenvalue weighted by Crippen LogP contribution is -2.35. The van der Waals surface area contributed by atoms with E-state index in [9.17, 15) is 9.18 Å². The first kappa shape index (κ1) is 21.1. The minimum Gasteiger partial charge on any atom is -0.494 e. The van der Waals surface area contributed by atoms with Gasteiger partial charge in [0.25, 0.3) is 5.91 Å². The van der Waals surface area contributed by atoms with Crippen molar-refractivity contribution in [3.63, 3.8) is 0 Å². The maximum Gasteiger partial charge on any atom is 0.257 e. The van der Waals surface area contributed by atoms with Crippen molar-refractivity contribution in [3.05, 3.63) is 46.0 Å². The summed E-state index contributed by atoms with van der Waals surface area (Å²) in [4.78, 5) is 17.1. The number of hydrogen-bond acceptors (Lipinski definition) is 7. The van der Waals surface area contributed by atoms with Gasteiger partial charge >= 0.3 is 0 Å². The Kier molecular flexibility index (Phi) is 5.84. The highest BCUT2D eigenvalue weighted by atomic mass is 35.5. The lowest BCUT2D eigenvalue weighted by Gasteiger charge is -2.15. The third kappa shape index (κ3) is 4.08. The SMILES string of the molecule is COc1cc(F)c(COCC(C)NC(=O)c2cnn3c4c(c(Cl)nc23)CCN4)cc1N. The summed E-state index contributed by atoms with van der Waals surface area (Å²) >= 11 is 6.27. The smallest absolute Gasteiger partial charge is 0.257 e. The fraction of sp³-hybridized carbons (Fsp3) is 0.350. The molecule has 1 unspecified atom stereocenters. The number of nitrogens with zero attached hydrogens (tertiary/aromatic N) is 3. The molecule has 3 aromatic rings. The first-order valence-corrected chi connectivity index (χ1v) is 10.1. The zero-order valence-corrected chi connectivity index (χ0v) is 17.8. The van der Waals surface area contributed by atoms with E-state index in [4.69, 9.17) is 26.8 Å². The molecule has 1 aromatic carbocycles. The molecule has 0 saturated carbocycles. The van der Waals surface area contributed by atoms with Gasteiger partial charge in [-0.25, -0.2) is 9.37 Å². The summed E-state index contributed by atoms with van der Waals surface area (Å²) in [6.45, 7) is 2.70. The number of nitrogen functional groups attached to an aromatic ring is 1. The van der Waals surface area contributed by atoms with Gasteiger partial charge in [0.2, 0.25) is 0 Å². The Bertz CT molecular complexity index is 1150. The summed E-state index contributed by atoms with van der Waals surface area (Å²) < 4.78 is 26.2. The fourth-order valence-electron chi connectivity index (χ4n) is 3.46. The van der Waals surface area contributed by atoms with Gasteiger partial charge in [-0.05, 0) is 19.4 Å². The standard InChI is InChI=1S/C20H22ClFN6O3/c1-10(8-31-9-11-5-15(23)16(30-2)6-14(11)22)26-20(29)13-7-25-28-18-12(3-4-24-18)17(21)27-19(13)28/h5-7,10,24H,3-4,8-9,23H2,1-2H3,(H,26,29). The van der Waals surface area contributed by atoms with E-state index in [1.54, 1.807) is 11.4 Å². The topological polar surface area (TPSA) is 116 Å². The number of benzene rings is 1. The second-order valence-electron chi connectivity index (χ2n) is 7.28. The molecular formula is C20H22ClFN6O3. The minimum atomic E-state index is -0.474. The van der Waals surface area contributed by atoms with Crippen LogP contribution >= 0.6 is 11.6 Å². The van der Waals surface area contributed by atoms with Crippen molar-refractivity contribution in [2.45, 2.75) is 26.0 Å². The zero-order valence-electron chi connectivity index (χ0n) is 17.0. The van der Waals surface area contributed by atoms with E-state index in [0.29, 0.717) is 27.6 Å². The molecule has 3 heterocycles. The monoisotopic (exact) mass is 448 g/mol. The maximum atomic E-state index is 14.1. The summed E-state index contributed by atoms with van der Waals surface area (Å²) in [5.74, 6) is 0.196. The number of amides is 1. The Morgan fingerprint density at radius 1 is 1.48 bits per heavy atom. The number of nitrogens with one attached hydrogen (secondary N) is 2. The molecule has 1 amide bonds. The number of carbonyl (C=O) groups is 1. The van der Waals surface area contributed by atoms with E-state index in [0.717, 1.165) is 24.3 Å². The van der Waals surface area contributed by atoms with Crippen LogP contribution in [0, 0.1) is 5.82 Å². The molecule has 0 aliphatic carbocycles. The molecule has 0 radical (unpaired) electrons. The van der Waals surface area contributed by atoms with Gasteiger partial charge in [0.1, 0.15) is 28.1 Å². The van der Waals surface area contributed by atoms with Gasteiger partial charge in [0, 0.05) is 29.8 Å². The van der Waals surface area contributed by atoms with Crippen LogP contribution in [0.5, 0.6) is 5.75 Å². The molecule has 0 saturated heterocycles. The highest BCUT2D eigenvalue weighted by molar-refractivity contribution is 6.30. The molecule has 9 nitrogen and oxygen atoms in total. The number of aromatic nitrogens is 3. The van der Waals surface area contributed by atoms with Crippen molar-refractivity contribution in [2.75, 3.05) is 31.3 Å². The largest absolute Gasteiger partial charge is 0.494 e. The summed E-state index contributed by atoms with van der Waals surface area (Å²) in [7, 11) is 1.42. The first-order valence-electron chi connectivity index (χ1n) is 9.69. The summed E-state index contributed by atoms with van der Waals surface area (Å²) in [6, 6.07) is 2.34. The van der Waals surface area contributed by atoms with E-state index < -0.39 is 5.82 Å². The average Bonchev–Trinajstić information content (AvgIpc) is 3.37. The number of methoxy groups -OCH3 is 1. The predicted octanol–water partition coefficient (Wildman–Crippen LogP) is 2.42. The Labute approximate surface area is 182 Å². The number of ether oxygens (including phenoxy) is 2. The number of hydrogen-bond donors (Lipinski definition) is 3. The molecule has 4 rings (SSSR count). The molecular weight excluding hydrogens is 427 g/mol. The van der Waals surface area contributed by atoms with E-state index >= 15 is 0 Å². The number of halogens is 2. The summed E-state index contributed by atoms with van der Waals surface area (Å²) in [5, 5.41) is 10.7. The molecule has 1 aliphatic rings. The minimum absolute atomic E-state index is 0.00588.